The molecule has 18 heavy (non-hydrogen) atoms. The minimum absolute atomic E-state index is 0.473. The van der Waals surface area contributed by atoms with E-state index in [9.17, 15) is 0 Å². The van der Waals surface area contributed by atoms with Crippen LogP contribution in [-0.2, 0) is 0 Å². The molecule has 102 valence electrons. The number of thioether (sulfide) groups is 1. The monoisotopic (exact) mass is 266 g/mol. The molecular weight excluding hydrogens is 240 g/mol. The Kier molecular flexibility index (Phi) is 7.21. The first-order chi connectivity index (χ1) is 8.72. The van der Waals surface area contributed by atoms with Gasteiger partial charge in [0, 0.05) is 25.3 Å². The van der Waals surface area contributed by atoms with Gasteiger partial charge in [-0.05, 0) is 49.6 Å². The summed E-state index contributed by atoms with van der Waals surface area (Å²) in [5, 5.41) is 3.34. The molecule has 0 heterocycles. The van der Waals surface area contributed by atoms with E-state index in [-0.39, 0.29) is 0 Å². The van der Waals surface area contributed by atoms with Crippen molar-refractivity contribution in [1.82, 2.24) is 5.32 Å². The molecule has 1 N–H and O–H groups in total. The number of nitrogens with zero attached hydrogens (tertiary/aromatic N) is 1. The summed E-state index contributed by atoms with van der Waals surface area (Å²) in [6.45, 7) is 3.34. The van der Waals surface area contributed by atoms with Gasteiger partial charge in [-0.25, -0.2) is 0 Å². The Morgan fingerprint density at radius 2 is 1.94 bits per heavy atom. The van der Waals surface area contributed by atoms with Gasteiger partial charge in [0.15, 0.2) is 0 Å². The molecule has 0 bridgehead atoms. The lowest BCUT2D eigenvalue weighted by molar-refractivity contribution is 0.577. The first-order valence-corrected chi connectivity index (χ1v) is 8.09. The molecule has 1 unspecified atom stereocenters. The van der Waals surface area contributed by atoms with Crippen LogP contribution in [0.3, 0.4) is 0 Å². The quantitative estimate of drug-likeness (QED) is 0.725. The van der Waals surface area contributed by atoms with Gasteiger partial charge in [0.25, 0.3) is 0 Å². The van der Waals surface area contributed by atoms with Gasteiger partial charge < -0.3 is 10.2 Å². The smallest absolute Gasteiger partial charge is 0.0363 e. The fourth-order valence-electron chi connectivity index (χ4n) is 2.14. The second-order valence-electron chi connectivity index (χ2n) is 4.61. The maximum absolute atomic E-state index is 3.34. The van der Waals surface area contributed by atoms with Crippen LogP contribution in [0.15, 0.2) is 24.3 Å². The van der Waals surface area contributed by atoms with Gasteiger partial charge in [-0.3, -0.25) is 0 Å². The van der Waals surface area contributed by atoms with E-state index in [0.29, 0.717) is 6.04 Å². The van der Waals surface area contributed by atoms with Gasteiger partial charge in [0.1, 0.15) is 0 Å². The average molecular weight is 266 g/mol. The third-order valence-electron chi connectivity index (χ3n) is 3.33. The number of rotatable bonds is 8. The molecule has 0 aliphatic rings. The van der Waals surface area contributed by atoms with Crippen molar-refractivity contribution >= 4 is 17.4 Å². The van der Waals surface area contributed by atoms with Crippen LogP contribution in [0.25, 0.3) is 0 Å². The van der Waals surface area contributed by atoms with Crippen LogP contribution in [0.4, 0.5) is 5.69 Å². The predicted octanol–water partition coefficient (Wildman–Crippen LogP) is 3.55. The van der Waals surface area contributed by atoms with Crippen molar-refractivity contribution in [1.29, 1.82) is 0 Å². The Balaban J connectivity index is 2.58. The number of nitrogens with one attached hydrogen (secondary N) is 1. The van der Waals surface area contributed by atoms with E-state index < -0.39 is 0 Å². The molecule has 0 fully saturated rings. The first kappa shape index (κ1) is 15.4. The van der Waals surface area contributed by atoms with Crippen LogP contribution < -0.4 is 10.2 Å². The molecule has 0 saturated heterocycles. The Morgan fingerprint density at radius 1 is 1.28 bits per heavy atom. The number of hydrogen-bond acceptors (Lipinski definition) is 3. The highest BCUT2D eigenvalue weighted by molar-refractivity contribution is 7.98. The summed E-state index contributed by atoms with van der Waals surface area (Å²) in [6.07, 6.45) is 4.53. The van der Waals surface area contributed by atoms with Gasteiger partial charge in [-0.15, -0.1) is 0 Å². The summed E-state index contributed by atoms with van der Waals surface area (Å²) < 4.78 is 0. The van der Waals surface area contributed by atoms with E-state index in [1.165, 1.54) is 23.4 Å². The van der Waals surface area contributed by atoms with Crippen molar-refractivity contribution < 1.29 is 0 Å². The van der Waals surface area contributed by atoms with Crippen molar-refractivity contribution in [2.45, 2.75) is 25.8 Å². The molecule has 0 spiro atoms. The zero-order chi connectivity index (χ0) is 13.4. The predicted molar refractivity (Wildman–Crippen MR) is 84.8 cm³/mol. The van der Waals surface area contributed by atoms with E-state index in [1.807, 2.05) is 18.8 Å². The fraction of sp³-hybridized carbons (Fsp3) is 0.600. The third-order valence-corrected chi connectivity index (χ3v) is 4.03. The highest BCUT2D eigenvalue weighted by Gasteiger charge is 2.07. The first-order valence-electron chi connectivity index (χ1n) is 6.70. The van der Waals surface area contributed by atoms with E-state index in [1.54, 1.807) is 0 Å². The van der Waals surface area contributed by atoms with Gasteiger partial charge in [0.05, 0.1) is 0 Å². The SMILES string of the molecule is CCC(NC)c1ccc(N(C)CCCSC)cc1. The fourth-order valence-corrected chi connectivity index (χ4v) is 2.56. The topological polar surface area (TPSA) is 15.3 Å². The van der Waals surface area contributed by atoms with Crippen molar-refractivity contribution in [3.8, 4) is 0 Å². The molecule has 0 saturated carbocycles. The summed E-state index contributed by atoms with van der Waals surface area (Å²) in [6, 6.07) is 9.42. The van der Waals surface area contributed by atoms with Crippen molar-refractivity contribution in [3.63, 3.8) is 0 Å². The molecule has 0 aliphatic heterocycles. The maximum Gasteiger partial charge on any atom is 0.0363 e. The van der Waals surface area contributed by atoms with Crippen molar-refractivity contribution in [3.05, 3.63) is 29.8 Å². The molecule has 1 rings (SSSR count). The summed E-state index contributed by atoms with van der Waals surface area (Å²) in [4.78, 5) is 2.33. The second kappa shape index (κ2) is 8.44. The zero-order valence-electron chi connectivity index (χ0n) is 12.1. The molecular formula is C15H26N2S. The van der Waals surface area contributed by atoms with E-state index in [2.05, 4.69) is 54.7 Å². The van der Waals surface area contributed by atoms with Crippen molar-refractivity contribution in [2.75, 3.05) is 37.5 Å². The Labute approximate surface area is 116 Å². The molecule has 0 amide bonds. The highest BCUT2D eigenvalue weighted by atomic mass is 32.2. The summed E-state index contributed by atoms with van der Waals surface area (Å²) >= 11 is 1.92. The lowest BCUT2D eigenvalue weighted by Crippen LogP contribution is -2.19. The molecule has 2 nitrogen and oxygen atoms in total. The number of hydrogen-bond donors (Lipinski definition) is 1. The molecule has 0 radical (unpaired) electrons. The summed E-state index contributed by atoms with van der Waals surface area (Å²) in [5.41, 5.74) is 2.69. The van der Waals surface area contributed by atoms with Crippen LogP contribution in [0.5, 0.6) is 0 Å². The molecule has 1 atom stereocenters. The zero-order valence-corrected chi connectivity index (χ0v) is 12.9. The van der Waals surface area contributed by atoms with Gasteiger partial charge in [-0.1, -0.05) is 19.1 Å². The molecule has 1 aromatic carbocycles. The van der Waals surface area contributed by atoms with E-state index in [4.69, 9.17) is 0 Å². The van der Waals surface area contributed by atoms with Crippen molar-refractivity contribution in [2.24, 2.45) is 0 Å². The van der Waals surface area contributed by atoms with Gasteiger partial charge in [0.2, 0.25) is 0 Å². The van der Waals surface area contributed by atoms with Crippen LogP contribution in [0, 0.1) is 0 Å². The Bertz CT molecular complexity index is 320. The van der Waals surface area contributed by atoms with Crippen LogP contribution >= 0.6 is 11.8 Å². The third kappa shape index (κ3) is 4.54. The normalized spacial score (nSPS) is 12.4. The van der Waals surface area contributed by atoms with Crippen LogP contribution in [0.1, 0.15) is 31.4 Å². The van der Waals surface area contributed by atoms with Gasteiger partial charge in [-0.2, -0.15) is 11.8 Å². The largest absolute Gasteiger partial charge is 0.375 e. The number of benzene rings is 1. The molecule has 1 aromatic rings. The second-order valence-corrected chi connectivity index (χ2v) is 5.59. The minimum atomic E-state index is 0.473. The standard InChI is InChI=1S/C15H26N2S/c1-5-15(16-2)13-7-9-14(10-8-13)17(3)11-6-12-18-4/h7-10,15-16H,5-6,11-12H2,1-4H3. The Hall–Kier alpha value is -0.670. The molecule has 0 aliphatic carbocycles. The van der Waals surface area contributed by atoms with E-state index in [0.717, 1.165) is 13.0 Å². The minimum Gasteiger partial charge on any atom is -0.375 e. The maximum atomic E-state index is 3.34. The highest BCUT2D eigenvalue weighted by Crippen LogP contribution is 2.20. The molecule has 3 heteroatoms. The van der Waals surface area contributed by atoms with Gasteiger partial charge >= 0.3 is 0 Å². The van der Waals surface area contributed by atoms with E-state index >= 15 is 0 Å². The van der Waals surface area contributed by atoms with Crippen LogP contribution in [-0.4, -0.2) is 32.6 Å². The molecule has 0 aromatic heterocycles. The summed E-state index contributed by atoms with van der Waals surface area (Å²) in [7, 11) is 4.20. The number of anilines is 1. The average Bonchev–Trinajstić information content (AvgIpc) is 2.41. The summed E-state index contributed by atoms with van der Waals surface area (Å²) in [5.74, 6) is 1.24. The van der Waals surface area contributed by atoms with Crippen LogP contribution in [0.2, 0.25) is 0 Å². The lowest BCUT2D eigenvalue weighted by atomic mass is 10.0. The Morgan fingerprint density at radius 3 is 2.44 bits per heavy atom. The lowest BCUT2D eigenvalue weighted by Gasteiger charge is -2.21.